The van der Waals surface area contributed by atoms with Gasteiger partial charge >= 0.3 is 0 Å². The summed E-state index contributed by atoms with van der Waals surface area (Å²) in [4.78, 5) is 0. The Morgan fingerprint density at radius 1 is 1.44 bits per heavy atom. The van der Waals surface area contributed by atoms with Gasteiger partial charge in [-0.2, -0.15) is 5.10 Å². The van der Waals surface area contributed by atoms with Crippen molar-refractivity contribution in [2.24, 2.45) is 0 Å². The van der Waals surface area contributed by atoms with Crippen LogP contribution in [0, 0.1) is 12.7 Å². The highest BCUT2D eigenvalue weighted by Gasteiger charge is 2.13. The number of halogens is 2. The Kier molecular flexibility index (Phi) is 3.68. The lowest BCUT2D eigenvalue weighted by Crippen LogP contribution is -2.15. The molecule has 0 aliphatic heterocycles. The first kappa shape index (κ1) is 13.1. The molecule has 0 aliphatic rings. The monoisotopic (exact) mass is 267 g/mol. The number of aryl methyl sites for hydroxylation is 1. The van der Waals surface area contributed by atoms with Gasteiger partial charge in [-0.25, -0.2) is 9.07 Å². The van der Waals surface area contributed by atoms with Crippen molar-refractivity contribution in [2.75, 3.05) is 7.05 Å². The van der Waals surface area contributed by atoms with Crippen molar-refractivity contribution in [1.82, 2.24) is 15.1 Å². The summed E-state index contributed by atoms with van der Waals surface area (Å²) in [5.41, 5.74) is 2.42. The van der Waals surface area contributed by atoms with Gasteiger partial charge in [-0.3, -0.25) is 0 Å². The molecule has 0 aliphatic carbocycles. The van der Waals surface area contributed by atoms with Crippen LogP contribution >= 0.6 is 11.6 Å². The molecule has 1 heterocycles. The van der Waals surface area contributed by atoms with Crippen molar-refractivity contribution in [3.05, 3.63) is 46.5 Å². The molecule has 0 saturated heterocycles. The van der Waals surface area contributed by atoms with Gasteiger partial charge in [-0.15, -0.1) is 0 Å². The second-order valence-corrected chi connectivity index (χ2v) is 4.63. The minimum atomic E-state index is -0.258. The molecule has 5 heteroatoms. The number of hydrogen-bond donors (Lipinski definition) is 1. The zero-order valence-corrected chi connectivity index (χ0v) is 11.3. The second-order valence-electron chi connectivity index (χ2n) is 4.22. The summed E-state index contributed by atoms with van der Waals surface area (Å²) >= 11 is 6.00. The number of benzene rings is 1. The van der Waals surface area contributed by atoms with Crippen LogP contribution in [0.25, 0.3) is 5.69 Å². The number of hydrogen-bond acceptors (Lipinski definition) is 2. The molecule has 0 bridgehead atoms. The Morgan fingerprint density at radius 2 is 2.17 bits per heavy atom. The smallest absolute Gasteiger partial charge is 0.123 e. The topological polar surface area (TPSA) is 29.9 Å². The van der Waals surface area contributed by atoms with Crippen LogP contribution in [0.2, 0.25) is 5.02 Å². The molecule has 0 fully saturated rings. The van der Waals surface area contributed by atoms with Gasteiger partial charge in [0, 0.05) is 12.2 Å². The van der Waals surface area contributed by atoms with Gasteiger partial charge in [0.25, 0.3) is 0 Å². The van der Waals surface area contributed by atoms with E-state index in [-0.39, 0.29) is 11.9 Å². The van der Waals surface area contributed by atoms with Gasteiger partial charge in [0.2, 0.25) is 0 Å². The molecule has 1 aromatic carbocycles. The zero-order chi connectivity index (χ0) is 13.3. The minimum Gasteiger partial charge on any atom is -0.313 e. The predicted octanol–water partition coefficient (Wildman–Crippen LogP) is 3.25. The van der Waals surface area contributed by atoms with Crippen LogP contribution in [-0.2, 0) is 0 Å². The lowest BCUT2D eigenvalue weighted by Gasteiger charge is -2.15. The van der Waals surface area contributed by atoms with Crippen molar-refractivity contribution in [3.8, 4) is 5.69 Å². The average Bonchev–Trinajstić information content (AvgIpc) is 2.68. The van der Waals surface area contributed by atoms with Crippen LogP contribution in [0.3, 0.4) is 0 Å². The quantitative estimate of drug-likeness (QED) is 0.925. The van der Waals surface area contributed by atoms with Gasteiger partial charge in [0.1, 0.15) is 5.82 Å². The summed E-state index contributed by atoms with van der Waals surface area (Å²) in [6.45, 7) is 3.81. The fourth-order valence-corrected chi connectivity index (χ4v) is 1.93. The number of aromatic nitrogens is 2. The molecule has 0 saturated carbocycles. The van der Waals surface area contributed by atoms with Gasteiger partial charge in [-0.1, -0.05) is 11.6 Å². The summed E-state index contributed by atoms with van der Waals surface area (Å²) in [5, 5.41) is 8.02. The third kappa shape index (κ3) is 2.40. The lowest BCUT2D eigenvalue weighted by atomic mass is 10.1. The Morgan fingerprint density at radius 3 is 2.72 bits per heavy atom. The summed E-state index contributed by atoms with van der Waals surface area (Å²) in [6, 6.07) is 4.67. The van der Waals surface area contributed by atoms with Gasteiger partial charge < -0.3 is 5.32 Å². The third-order valence-corrected chi connectivity index (χ3v) is 3.35. The molecule has 1 aromatic heterocycles. The van der Waals surface area contributed by atoms with Crippen LogP contribution in [0.4, 0.5) is 4.39 Å². The summed E-state index contributed by atoms with van der Waals surface area (Å²) in [5.74, 6) is -0.258. The molecule has 0 spiro atoms. The van der Waals surface area contributed by atoms with E-state index in [0.29, 0.717) is 5.02 Å². The van der Waals surface area contributed by atoms with Gasteiger partial charge in [0.15, 0.2) is 0 Å². The van der Waals surface area contributed by atoms with E-state index in [9.17, 15) is 4.39 Å². The highest BCUT2D eigenvalue weighted by atomic mass is 35.5. The van der Waals surface area contributed by atoms with Crippen molar-refractivity contribution < 1.29 is 4.39 Å². The molecule has 1 unspecified atom stereocenters. The Labute approximate surface area is 111 Å². The first-order valence-corrected chi connectivity index (χ1v) is 6.09. The first-order chi connectivity index (χ1) is 8.52. The highest BCUT2D eigenvalue weighted by Crippen LogP contribution is 2.24. The molecule has 18 heavy (non-hydrogen) atoms. The van der Waals surface area contributed by atoms with E-state index in [1.807, 2.05) is 20.9 Å². The van der Waals surface area contributed by atoms with E-state index in [2.05, 4.69) is 10.4 Å². The minimum absolute atomic E-state index is 0.0268. The van der Waals surface area contributed by atoms with Crippen LogP contribution in [0.1, 0.15) is 24.2 Å². The molecule has 3 nitrogen and oxygen atoms in total. The molecule has 2 aromatic rings. The maximum atomic E-state index is 13.4. The maximum absolute atomic E-state index is 13.4. The lowest BCUT2D eigenvalue weighted by molar-refractivity contribution is 0.604. The standard InChI is InChI=1S/C13H15ClFN3/c1-8(16-3)11-6-10(15)4-5-13(11)18-7-12(14)9(2)17-18/h4-8,16H,1-3H3. The number of rotatable bonds is 3. The maximum Gasteiger partial charge on any atom is 0.123 e. The molecule has 2 rings (SSSR count). The van der Waals surface area contributed by atoms with E-state index in [1.165, 1.54) is 12.1 Å². The van der Waals surface area contributed by atoms with E-state index in [0.717, 1.165) is 16.9 Å². The van der Waals surface area contributed by atoms with E-state index in [1.54, 1.807) is 16.9 Å². The molecule has 1 atom stereocenters. The number of nitrogens with one attached hydrogen (secondary N) is 1. The highest BCUT2D eigenvalue weighted by molar-refractivity contribution is 6.31. The second kappa shape index (κ2) is 5.08. The molecule has 1 N–H and O–H groups in total. The summed E-state index contributed by atoms with van der Waals surface area (Å²) in [7, 11) is 1.83. The van der Waals surface area contributed by atoms with Gasteiger partial charge in [0.05, 0.1) is 16.4 Å². The molecular formula is C13H15ClFN3. The molecule has 96 valence electrons. The summed E-state index contributed by atoms with van der Waals surface area (Å²) in [6.07, 6.45) is 1.73. The third-order valence-electron chi connectivity index (χ3n) is 2.97. The van der Waals surface area contributed by atoms with Crippen molar-refractivity contribution >= 4 is 11.6 Å². The van der Waals surface area contributed by atoms with E-state index < -0.39 is 0 Å². The van der Waals surface area contributed by atoms with Crippen LogP contribution in [0.15, 0.2) is 24.4 Å². The normalized spacial score (nSPS) is 12.7. The first-order valence-electron chi connectivity index (χ1n) is 5.71. The zero-order valence-electron chi connectivity index (χ0n) is 10.5. The largest absolute Gasteiger partial charge is 0.313 e. The Bertz CT molecular complexity index is 546. The number of nitrogens with zero attached hydrogens (tertiary/aromatic N) is 2. The van der Waals surface area contributed by atoms with Crippen molar-refractivity contribution in [2.45, 2.75) is 19.9 Å². The predicted molar refractivity (Wildman–Crippen MR) is 70.7 cm³/mol. The van der Waals surface area contributed by atoms with Crippen LogP contribution in [-0.4, -0.2) is 16.8 Å². The van der Waals surface area contributed by atoms with Crippen molar-refractivity contribution in [1.29, 1.82) is 0 Å². The molecular weight excluding hydrogens is 253 g/mol. The van der Waals surface area contributed by atoms with E-state index >= 15 is 0 Å². The van der Waals surface area contributed by atoms with Crippen LogP contribution < -0.4 is 5.32 Å². The van der Waals surface area contributed by atoms with Crippen LogP contribution in [0.5, 0.6) is 0 Å². The van der Waals surface area contributed by atoms with Gasteiger partial charge in [-0.05, 0) is 44.7 Å². The average molecular weight is 268 g/mol. The van der Waals surface area contributed by atoms with Crippen molar-refractivity contribution in [3.63, 3.8) is 0 Å². The fraction of sp³-hybridized carbons (Fsp3) is 0.308. The summed E-state index contributed by atoms with van der Waals surface area (Å²) < 4.78 is 15.0. The molecule has 0 amide bonds. The van der Waals surface area contributed by atoms with E-state index in [4.69, 9.17) is 11.6 Å². The Hall–Kier alpha value is -1.39. The Balaban J connectivity index is 2.56. The SMILES string of the molecule is CNC(C)c1cc(F)ccc1-n1cc(Cl)c(C)n1. The fourth-order valence-electron chi connectivity index (χ4n) is 1.80. The molecule has 0 radical (unpaired) electrons.